The summed E-state index contributed by atoms with van der Waals surface area (Å²) in [4.78, 5) is -0.428. The number of aryl methyl sites for hydroxylation is 1. The zero-order valence-electron chi connectivity index (χ0n) is 9.46. The predicted octanol–water partition coefficient (Wildman–Crippen LogP) is 0.936. The van der Waals surface area contributed by atoms with Crippen LogP contribution in [-0.4, -0.2) is 23.7 Å². The first-order chi connectivity index (χ1) is 7.71. The van der Waals surface area contributed by atoms with Gasteiger partial charge in [0.1, 0.15) is 4.99 Å². The van der Waals surface area contributed by atoms with Crippen LogP contribution in [0.4, 0.5) is 0 Å². The fourth-order valence-electron chi connectivity index (χ4n) is 1.05. The molecule has 1 aliphatic rings. The van der Waals surface area contributed by atoms with Crippen molar-refractivity contribution >= 4 is 21.9 Å². The lowest BCUT2D eigenvalue weighted by Gasteiger charge is -2.32. The maximum absolute atomic E-state index is 10.5. The van der Waals surface area contributed by atoms with Crippen LogP contribution in [0.3, 0.4) is 0 Å². The van der Waals surface area contributed by atoms with Crippen LogP contribution in [0.2, 0.25) is 0 Å². The van der Waals surface area contributed by atoms with Crippen LogP contribution in [0.5, 0.6) is 0 Å². The van der Waals surface area contributed by atoms with E-state index in [1.165, 1.54) is 12.1 Å². The fourth-order valence-corrected chi connectivity index (χ4v) is 2.20. The minimum atomic E-state index is -4.02. The Morgan fingerprint density at radius 2 is 1.71 bits per heavy atom. The fraction of sp³-hybridized carbons (Fsp3) is 0.400. The number of nitrogens with two attached hydrogens (primary N) is 2. The highest BCUT2D eigenvalue weighted by atomic mass is 32.2. The maximum atomic E-state index is 10.5. The highest BCUT2D eigenvalue weighted by Crippen LogP contribution is 2.29. The Morgan fingerprint density at radius 3 is 1.94 bits per heavy atom. The summed E-state index contributed by atoms with van der Waals surface area (Å²) in [5.41, 5.74) is 11.7. The number of thioether (sulfide) groups is 1. The third kappa shape index (κ3) is 5.05. The van der Waals surface area contributed by atoms with Crippen molar-refractivity contribution in [3.05, 3.63) is 29.8 Å². The van der Waals surface area contributed by atoms with Crippen LogP contribution in [0.1, 0.15) is 12.0 Å². The molecular weight excluding hydrogens is 260 g/mol. The van der Waals surface area contributed by atoms with Crippen LogP contribution >= 0.6 is 11.8 Å². The third-order valence-electron chi connectivity index (χ3n) is 2.18. The number of hydrogen-bond donors (Lipinski definition) is 3. The Kier molecular flexibility index (Phi) is 4.56. The van der Waals surface area contributed by atoms with Gasteiger partial charge >= 0.3 is 0 Å². The molecule has 0 bridgehead atoms. The van der Waals surface area contributed by atoms with Crippen molar-refractivity contribution in [2.24, 2.45) is 11.5 Å². The van der Waals surface area contributed by atoms with E-state index in [1.807, 2.05) is 6.92 Å². The van der Waals surface area contributed by atoms with Crippen molar-refractivity contribution in [2.45, 2.75) is 23.2 Å². The van der Waals surface area contributed by atoms with Crippen molar-refractivity contribution < 1.29 is 13.0 Å². The molecule has 2 rings (SSSR count). The zero-order chi connectivity index (χ0) is 13.1. The van der Waals surface area contributed by atoms with E-state index in [9.17, 15) is 8.42 Å². The lowest BCUT2D eigenvalue weighted by molar-refractivity contribution is 0.483. The highest BCUT2D eigenvalue weighted by Gasteiger charge is 2.27. The molecule has 0 aliphatic carbocycles. The van der Waals surface area contributed by atoms with Crippen molar-refractivity contribution in [1.82, 2.24) is 0 Å². The van der Waals surface area contributed by atoms with Gasteiger partial charge in [0.2, 0.25) is 0 Å². The lowest BCUT2D eigenvalue weighted by atomic mass is 10.2. The van der Waals surface area contributed by atoms with Crippen molar-refractivity contribution in [1.29, 1.82) is 0 Å². The molecule has 1 fully saturated rings. The molecule has 1 saturated heterocycles. The molecule has 0 spiro atoms. The first-order valence-corrected chi connectivity index (χ1v) is 7.39. The molecular formula is C10H16N2O3S2. The SMILES string of the molecule is Cc1ccc(S(=O)(=O)O)cc1.NC1(N)CCS1. The quantitative estimate of drug-likeness (QED) is 0.520. The van der Waals surface area contributed by atoms with E-state index in [2.05, 4.69) is 0 Å². The van der Waals surface area contributed by atoms with E-state index in [0.717, 1.165) is 17.7 Å². The lowest BCUT2D eigenvalue weighted by Crippen LogP contribution is -2.52. The normalized spacial score (nSPS) is 17.6. The molecule has 5 nitrogen and oxygen atoms in total. The maximum Gasteiger partial charge on any atom is 0.294 e. The van der Waals surface area contributed by atoms with Gasteiger partial charge in [-0.05, 0) is 25.5 Å². The van der Waals surface area contributed by atoms with Gasteiger partial charge < -0.3 is 11.5 Å². The van der Waals surface area contributed by atoms with Gasteiger partial charge in [0.25, 0.3) is 10.1 Å². The van der Waals surface area contributed by atoms with Crippen LogP contribution < -0.4 is 11.5 Å². The van der Waals surface area contributed by atoms with Gasteiger partial charge in [-0.15, -0.1) is 11.8 Å². The molecule has 0 amide bonds. The monoisotopic (exact) mass is 276 g/mol. The Labute approximate surface area is 105 Å². The summed E-state index contributed by atoms with van der Waals surface area (Å²) >= 11 is 1.62. The molecule has 0 unspecified atom stereocenters. The molecule has 7 heteroatoms. The Balaban J connectivity index is 0.000000202. The van der Waals surface area contributed by atoms with E-state index < -0.39 is 10.1 Å². The molecule has 1 heterocycles. The molecule has 0 saturated carbocycles. The van der Waals surface area contributed by atoms with Gasteiger partial charge in [0, 0.05) is 5.75 Å². The topological polar surface area (TPSA) is 106 Å². The molecule has 96 valence electrons. The van der Waals surface area contributed by atoms with Crippen LogP contribution in [0.25, 0.3) is 0 Å². The Morgan fingerprint density at radius 1 is 1.29 bits per heavy atom. The van der Waals surface area contributed by atoms with Gasteiger partial charge in [-0.25, -0.2) is 0 Å². The molecule has 0 aromatic heterocycles. The average Bonchev–Trinajstić information content (AvgIpc) is 2.16. The van der Waals surface area contributed by atoms with Crippen molar-refractivity contribution in [3.8, 4) is 0 Å². The number of benzene rings is 1. The summed E-state index contributed by atoms with van der Waals surface area (Å²) in [6.45, 7) is 1.84. The molecule has 1 aromatic carbocycles. The number of rotatable bonds is 1. The van der Waals surface area contributed by atoms with Gasteiger partial charge in [0.15, 0.2) is 0 Å². The van der Waals surface area contributed by atoms with E-state index in [-0.39, 0.29) is 9.89 Å². The van der Waals surface area contributed by atoms with Gasteiger partial charge in [-0.1, -0.05) is 17.7 Å². The van der Waals surface area contributed by atoms with E-state index in [1.54, 1.807) is 23.9 Å². The summed E-state index contributed by atoms with van der Waals surface area (Å²) < 4.78 is 29.6. The minimum Gasteiger partial charge on any atom is -0.305 e. The second-order valence-corrected chi connectivity index (χ2v) is 6.72. The van der Waals surface area contributed by atoms with E-state index >= 15 is 0 Å². The van der Waals surface area contributed by atoms with Gasteiger partial charge in [-0.2, -0.15) is 8.42 Å². The van der Waals surface area contributed by atoms with Crippen molar-refractivity contribution in [2.75, 3.05) is 5.75 Å². The first-order valence-electron chi connectivity index (χ1n) is 4.97. The largest absolute Gasteiger partial charge is 0.305 e. The predicted molar refractivity (Wildman–Crippen MR) is 69.2 cm³/mol. The van der Waals surface area contributed by atoms with E-state index in [0.29, 0.717) is 0 Å². The number of hydrogen-bond acceptors (Lipinski definition) is 5. The highest BCUT2D eigenvalue weighted by molar-refractivity contribution is 8.01. The van der Waals surface area contributed by atoms with Crippen LogP contribution in [-0.2, 0) is 10.1 Å². The second-order valence-electron chi connectivity index (χ2n) is 3.84. The molecule has 0 atom stereocenters. The molecule has 17 heavy (non-hydrogen) atoms. The van der Waals surface area contributed by atoms with Gasteiger partial charge in [-0.3, -0.25) is 4.55 Å². The van der Waals surface area contributed by atoms with E-state index in [4.69, 9.17) is 16.0 Å². The molecule has 0 radical (unpaired) electrons. The third-order valence-corrected chi connectivity index (χ3v) is 4.20. The average molecular weight is 276 g/mol. The Hall–Kier alpha value is -0.600. The smallest absolute Gasteiger partial charge is 0.294 e. The zero-order valence-corrected chi connectivity index (χ0v) is 11.1. The standard InChI is InChI=1S/C7H8O3S.C3H8N2S/c1-6-2-4-7(5-3-6)11(8,9)10;4-3(5)1-2-6-3/h2-5H,1H3,(H,8,9,10);1-2,4-5H2. The summed E-state index contributed by atoms with van der Waals surface area (Å²) in [5.74, 6) is 1.13. The summed E-state index contributed by atoms with van der Waals surface area (Å²) in [6, 6.07) is 5.99. The van der Waals surface area contributed by atoms with Crippen LogP contribution in [0.15, 0.2) is 29.2 Å². The first kappa shape index (κ1) is 14.5. The minimum absolute atomic E-state index is 0.0666. The summed E-state index contributed by atoms with van der Waals surface area (Å²) in [6.07, 6.45) is 0.970. The second kappa shape index (κ2) is 5.36. The van der Waals surface area contributed by atoms with Gasteiger partial charge in [0.05, 0.1) is 4.90 Å². The molecule has 1 aliphatic heterocycles. The molecule has 5 N–H and O–H groups in total. The Bertz CT molecular complexity index is 463. The van der Waals surface area contributed by atoms with Crippen molar-refractivity contribution in [3.63, 3.8) is 0 Å². The summed E-state index contributed by atoms with van der Waals surface area (Å²) in [7, 11) is -4.02. The molecule has 1 aromatic rings. The summed E-state index contributed by atoms with van der Waals surface area (Å²) in [5, 5.41) is 0. The van der Waals surface area contributed by atoms with Crippen LogP contribution in [0, 0.1) is 6.92 Å².